The summed E-state index contributed by atoms with van der Waals surface area (Å²) in [6.45, 7) is 1.51. The van der Waals surface area contributed by atoms with Crippen LogP contribution in [-0.2, 0) is 0 Å². The molecule has 1 aliphatic heterocycles. The normalized spacial score (nSPS) is 16.6. The fourth-order valence-corrected chi connectivity index (χ4v) is 4.05. The van der Waals surface area contributed by atoms with Crippen LogP contribution in [0.5, 0.6) is 5.75 Å². The summed E-state index contributed by atoms with van der Waals surface area (Å²) in [7, 11) is 0. The van der Waals surface area contributed by atoms with E-state index in [-0.39, 0.29) is 17.6 Å². The second-order valence-electron chi connectivity index (χ2n) is 5.53. The van der Waals surface area contributed by atoms with Crippen LogP contribution in [0.4, 0.5) is 0 Å². The molecule has 1 aliphatic rings. The molecule has 3 heterocycles. The van der Waals surface area contributed by atoms with Gasteiger partial charge in [0.2, 0.25) is 11.7 Å². The summed E-state index contributed by atoms with van der Waals surface area (Å²) in [5, 5.41) is 12.2. The van der Waals surface area contributed by atoms with Crippen LogP contribution < -0.4 is 10.5 Å². The molecule has 0 fully saturated rings. The maximum atomic E-state index is 12.4. The molecule has 118 valence electrons. The number of nitriles is 1. The van der Waals surface area contributed by atoms with E-state index in [1.807, 2.05) is 47.8 Å². The second kappa shape index (κ2) is 5.25. The Balaban J connectivity index is 2.13. The van der Waals surface area contributed by atoms with Gasteiger partial charge in [0.1, 0.15) is 6.07 Å². The Labute approximate surface area is 142 Å². The largest absolute Gasteiger partial charge is 0.442 e. The number of thiophene rings is 1. The Morgan fingerprint density at radius 1 is 1.33 bits per heavy atom. The first-order chi connectivity index (χ1) is 11.6. The number of carbonyl (C=O) groups is 1. The molecule has 0 aliphatic carbocycles. The zero-order chi connectivity index (χ0) is 16.8. The van der Waals surface area contributed by atoms with Crippen LogP contribution >= 0.6 is 11.3 Å². The molecule has 4 rings (SSSR count). The number of rotatable bonds is 1. The van der Waals surface area contributed by atoms with Crippen molar-refractivity contribution in [2.24, 2.45) is 5.73 Å². The van der Waals surface area contributed by atoms with Gasteiger partial charge in [0.25, 0.3) is 0 Å². The Morgan fingerprint density at radius 3 is 2.79 bits per heavy atom. The number of carbonyl (C=O) groups excluding carboxylic acids is 1. The molecule has 1 aromatic carbocycles. The third-order valence-electron chi connectivity index (χ3n) is 4.16. The summed E-state index contributed by atoms with van der Waals surface area (Å²) in [5.74, 6) is 0.128. The molecule has 2 aromatic heterocycles. The van der Waals surface area contributed by atoms with Gasteiger partial charge < -0.3 is 10.5 Å². The smallest absolute Gasteiger partial charge is 0.228 e. The van der Waals surface area contributed by atoms with Gasteiger partial charge in [-0.05, 0) is 23.6 Å². The first-order valence-corrected chi connectivity index (χ1v) is 8.26. The molecular formula is C18H13N3O2S. The van der Waals surface area contributed by atoms with Crippen molar-refractivity contribution in [3.8, 4) is 11.8 Å². The summed E-state index contributed by atoms with van der Waals surface area (Å²) >= 11 is 1.54. The molecule has 0 spiro atoms. The molecule has 0 saturated heterocycles. The maximum absolute atomic E-state index is 12.4. The molecule has 24 heavy (non-hydrogen) atoms. The zero-order valence-corrected chi connectivity index (χ0v) is 13.6. The van der Waals surface area contributed by atoms with Crippen LogP contribution in [-0.4, -0.2) is 10.5 Å². The number of allylic oxidation sites excluding steroid dienone is 2. The highest BCUT2D eigenvalue weighted by Crippen LogP contribution is 2.47. The Kier molecular flexibility index (Phi) is 3.18. The number of hydrogen-bond donors (Lipinski definition) is 1. The van der Waals surface area contributed by atoms with Crippen LogP contribution in [0, 0.1) is 11.3 Å². The Morgan fingerprint density at radius 2 is 2.12 bits per heavy atom. The first kappa shape index (κ1) is 14.5. The quantitative estimate of drug-likeness (QED) is 0.737. The van der Waals surface area contributed by atoms with E-state index in [0.29, 0.717) is 17.1 Å². The topological polar surface area (TPSA) is 81.0 Å². The van der Waals surface area contributed by atoms with Gasteiger partial charge in [0, 0.05) is 17.2 Å². The average Bonchev–Trinajstić information content (AvgIpc) is 3.20. The SMILES string of the molecule is CC(=O)n1c2c(c3ccccc31)OC(C#N)=C(N)[C@H]2c1cccs1. The molecule has 3 aromatic rings. The summed E-state index contributed by atoms with van der Waals surface area (Å²) in [5.41, 5.74) is 8.01. The van der Waals surface area contributed by atoms with Gasteiger partial charge in [-0.15, -0.1) is 11.3 Å². The molecule has 1 atom stereocenters. The monoisotopic (exact) mass is 335 g/mol. The standard InChI is InChI=1S/C18H13N3O2S/c1-10(22)21-12-6-3-2-5-11(12)18-17(21)15(14-7-4-8-24-14)16(20)13(9-19)23-18/h2-8,15H,20H2,1H3/t15-/m1/s1. The molecular weight excluding hydrogens is 322 g/mol. The highest BCUT2D eigenvalue weighted by Gasteiger charge is 2.36. The lowest BCUT2D eigenvalue weighted by Gasteiger charge is -2.25. The summed E-state index contributed by atoms with van der Waals surface area (Å²) < 4.78 is 7.43. The van der Waals surface area contributed by atoms with Crippen LogP contribution in [0.2, 0.25) is 0 Å². The number of nitrogens with zero attached hydrogens (tertiary/aromatic N) is 2. The van der Waals surface area contributed by atoms with Crippen LogP contribution in [0.25, 0.3) is 10.9 Å². The Hall–Kier alpha value is -3.04. The van der Waals surface area contributed by atoms with Gasteiger partial charge in [-0.1, -0.05) is 18.2 Å². The lowest BCUT2D eigenvalue weighted by atomic mass is 9.95. The van der Waals surface area contributed by atoms with Crippen LogP contribution in [0.3, 0.4) is 0 Å². The van der Waals surface area contributed by atoms with Gasteiger partial charge in [-0.3, -0.25) is 9.36 Å². The highest BCUT2D eigenvalue weighted by molar-refractivity contribution is 7.10. The van der Waals surface area contributed by atoms with Crippen molar-refractivity contribution in [1.82, 2.24) is 4.57 Å². The molecule has 0 saturated carbocycles. The first-order valence-electron chi connectivity index (χ1n) is 7.38. The average molecular weight is 335 g/mol. The lowest BCUT2D eigenvalue weighted by Crippen LogP contribution is -2.24. The predicted molar refractivity (Wildman–Crippen MR) is 91.9 cm³/mol. The van der Waals surface area contributed by atoms with E-state index in [1.54, 1.807) is 4.57 Å². The van der Waals surface area contributed by atoms with Crippen LogP contribution in [0.15, 0.2) is 53.2 Å². The number of para-hydroxylation sites is 1. The van der Waals surface area contributed by atoms with Crippen molar-refractivity contribution in [2.45, 2.75) is 12.8 Å². The van der Waals surface area contributed by atoms with Gasteiger partial charge in [0.05, 0.1) is 22.8 Å². The highest BCUT2D eigenvalue weighted by atomic mass is 32.1. The minimum absolute atomic E-state index is 0.0901. The van der Waals surface area contributed by atoms with E-state index in [4.69, 9.17) is 10.5 Å². The van der Waals surface area contributed by atoms with E-state index < -0.39 is 0 Å². The van der Waals surface area contributed by atoms with Crippen LogP contribution in [0.1, 0.15) is 28.2 Å². The Bertz CT molecular complexity index is 1040. The number of hydrogen-bond acceptors (Lipinski definition) is 5. The second-order valence-corrected chi connectivity index (χ2v) is 6.51. The molecule has 0 unspecified atom stereocenters. The van der Waals surface area contributed by atoms with Crippen molar-refractivity contribution < 1.29 is 9.53 Å². The fraction of sp³-hybridized carbons (Fsp3) is 0.111. The lowest BCUT2D eigenvalue weighted by molar-refractivity contribution is 0.0937. The number of aromatic nitrogens is 1. The number of nitrogens with two attached hydrogens (primary N) is 1. The number of fused-ring (bicyclic) bond motifs is 3. The zero-order valence-electron chi connectivity index (χ0n) is 12.8. The van der Waals surface area contributed by atoms with E-state index >= 15 is 0 Å². The molecule has 0 amide bonds. The summed E-state index contributed by atoms with van der Waals surface area (Å²) in [4.78, 5) is 13.3. The van der Waals surface area contributed by atoms with E-state index in [2.05, 4.69) is 0 Å². The molecule has 2 N–H and O–H groups in total. The summed E-state index contributed by atoms with van der Waals surface area (Å²) in [6.07, 6.45) is 0. The van der Waals surface area contributed by atoms with E-state index in [1.165, 1.54) is 18.3 Å². The van der Waals surface area contributed by atoms with Gasteiger partial charge in [-0.2, -0.15) is 5.26 Å². The third-order valence-corrected chi connectivity index (χ3v) is 5.10. The third kappa shape index (κ3) is 1.88. The molecule has 5 nitrogen and oxygen atoms in total. The van der Waals surface area contributed by atoms with Gasteiger partial charge >= 0.3 is 0 Å². The van der Waals surface area contributed by atoms with E-state index in [0.717, 1.165) is 15.8 Å². The van der Waals surface area contributed by atoms with Crippen molar-refractivity contribution in [1.29, 1.82) is 5.26 Å². The van der Waals surface area contributed by atoms with Crippen molar-refractivity contribution in [3.05, 3.63) is 63.8 Å². The number of ether oxygens (including phenoxy) is 1. The minimum Gasteiger partial charge on any atom is -0.442 e. The van der Waals surface area contributed by atoms with Gasteiger partial charge in [-0.25, -0.2) is 0 Å². The fourth-order valence-electron chi connectivity index (χ4n) is 3.21. The predicted octanol–water partition coefficient (Wildman–Crippen LogP) is 3.58. The van der Waals surface area contributed by atoms with Gasteiger partial charge in [0.15, 0.2) is 5.75 Å². The summed E-state index contributed by atoms with van der Waals surface area (Å²) in [6, 6.07) is 13.4. The molecule has 6 heteroatoms. The van der Waals surface area contributed by atoms with Crippen molar-refractivity contribution in [2.75, 3.05) is 0 Å². The minimum atomic E-state index is -0.375. The van der Waals surface area contributed by atoms with Crippen molar-refractivity contribution >= 4 is 28.1 Å². The maximum Gasteiger partial charge on any atom is 0.228 e. The molecule has 0 radical (unpaired) electrons. The van der Waals surface area contributed by atoms with Crippen molar-refractivity contribution in [3.63, 3.8) is 0 Å². The van der Waals surface area contributed by atoms with E-state index in [9.17, 15) is 10.1 Å². The number of benzene rings is 1. The molecule has 0 bridgehead atoms.